The van der Waals surface area contributed by atoms with Crippen molar-refractivity contribution in [2.45, 2.75) is 25.9 Å². The van der Waals surface area contributed by atoms with Crippen LogP contribution in [0.25, 0.3) is 11.1 Å². The lowest BCUT2D eigenvalue weighted by molar-refractivity contribution is -0.138. The van der Waals surface area contributed by atoms with Gasteiger partial charge in [-0.25, -0.2) is 0 Å². The summed E-state index contributed by atoms with van der Waals surface area (Å²) in [5.41, 5.74) is 0.903. The molecule has 0 heterocycles. The highest BCUT2D eigenvalue weighted by Crippen LogP contribution is 2.35. The molecule has 0 bridgehead atoms. The Bertz CT molecular complexity index is 1150. The molecule has 3 rings (SSSR count). The minimum absolute atomic E-state index is 0.0175. The van der Waals surface area contributed by atoms with E-state index >= 15 is 0 Å². The molecule has 0 spiro atoms. The Morgan fingerprint density at radius 1 is 0.971 bits per heavy atom. The molecule has 5 nitrogen and oxygen atoms in total. The zero-order valence-corrected chi connectivity index (χ0v) is 18.5. The molecular formula is C26H24F3NO4. The number of hydrogen-bond donors (Lipinski definition) is 1. The van der Waals surface area contributed by atoms with Crippen molar-refractivity contribution in [1.29, 1.82) is 0 Å². The Kier molecular flexibility index (Phi) is 7.94. The van der Waals surface area contributed by atoms with Crippen LogP contribution in [0.15, 0.2) is 72.8 Å². The van der Waals surface area contributed by atoms with E-state index in [0.29, 0.717) is 23.6 Å². The van der Waals surface area contributed by atoms with E-state index in [4.69, 9.17) is 9.84 Å². The Labute approximate surface area is 195 Å². The van der Waals surface area contributed by atoms with Gasteiger partial charge in [-0.05, 0) is 55.3 Å². The lowest BCUT2D eigenvalue weighted by atomic mass is 10.0. The van der Waals surface area contributed by atoms with Crippen molar-refractivity contribution >= 4 is 17.6 Å². The summed E-state index contributed by atoms with van der Waals surface area (Å²) >= 11 is 0. The van der Waals surface area contributed by atoms with Crippen LogP contribution in [0.5, 0.6) is 5.75 Å². The molecule has 0 aliphatic carbocycles. The summed E-state index contributed by atoms with van der Waals surface area (Å²) in [6.45, 7) is 2.28. The van der Waals surface area contributed by atoms with Gasteiger partial charge in [0.2, 0.25) is 0 Å². The normalized spacial score (nSPS) is 11.2. The molecule has 0 fully saturated rings. The highest BCUT2D eigenvalue weighted by Gasteiger charge is 2.31. The van der Waals surface area contributed by atoms with Crippen molar-refractivity contribution in [2.75, 3.05) is 18.1 Å². The first kappa shape index (κ1) is 24.8. The third-order valence-corrected chi connectivity index (χ3v) is 5.11. The molecule has 0 aliphatic heterocycles. The monoisotopic (exact) mass is 471 g/mol. The Morgan fingerprint density at radius 3 is 2.35 bits per heavy atom. The van der Waals surface area contributed by atoms with Crippen LogP contribution < -0.4 is 9.64 Å². The number of halogens is 3. The number of carbonyl (C=O) groups is 2. The van der Waals surface area contributed by atoms with Crippen LogP contribution >= 0.6 is 0 Å². The number of benzene rings is 3. The summed E-state index contributed by atoms with van der Waals surface area (Å²) in [7, 11) is 0. The number of alkyl halides is 3. The first-order valence-electron chi connectivity index (χ1n) is 10.7. The van der Waals surface area contributed by atoms with Gasteiger partial charge < -0.3 is 14.7 Å². The van der Waals surface area contributed by atoms with Crippen LogP contribution in [0.4, 0.5) is 18.9 Å². The third kappa shape index (κ3) is 6.15. The number of aliphatic carboxylic acids is 1. The van der Waals surface area contributed by atoms with Gasteiger partial charge in [0.05, 0.1) is 12.2 Å². The second kappa shape index (κ2) is 10.9. The van der Waals surface area contributed by atoms with Crippen LogP contribution in [-0.4, -0.2) is 30.1 Å². The molecule has 1 amide bonds. The predicted molar refractivity (Wildman–Crippen MR) is 123 cm³/mol. The van der Waals surface area contributed by atoms with Crippen molar-refractivity contribution < 1.29 is 32.6 Å². The summed E-state index contributed by atoms with van der Waals surface area (Å²) in [6.07, 6.45) is -4.65. The van der Waals surface area contributed by atoms with E-state index in [9.17, 15) is 22.8 Å². The van der Waals surface area contributed by atoms with Gasteiger partial charge >= 0.3 is 12.1 Å². The summed E-state index contributed by atoms with van der Waals surface area (Å²) in [4.78, 5) is 25.7. The van der Waals surface area contributed by atoms with Crippen molar-refractivity contribution in [1.82, 2.24) is 0 Å². The zero-order chi connectivity index (χ0) is 24.7. The van der Waals surface area contributed by atoms with E-state index in [1.807, 2.05) is 37.3 Å². The molecule has 0 radical (unpaired) electrons. The molecule has 3 aromatic carbocycles. The number of nitrogens with zero attached hydrogens (tertiary/aromatic N) is 1. The number of carbonyl (C=O) groups excluding carboxylic acids is 1. The second-order valence-corrected chi connectivity index (χ2v) is 7.51. The molecular weight excluding hydrogens is 447 g/mol. The summed E-state index contributed by atoms with van der Waals surface area (Å²) in [5, 5.41) is 9.02. The van der Waals surface area contributed by atoms with Crippen molar-refractivity contribution in [3.05, 3.63) is 83.9 Å². The first-order chi connectivity index (χ1) is 16.2. The van der Waals surface area contributed by atoms with E-state index in [1.165, 1.54) is 17.0 Å². The van der Waals surface area contributed by atoms with Crippen molar-refractivity contribution in [2.24, 2.45) is 0 Å². The van der Waals surface area contributed by atoms with Crippen LogP contribution in [0.2, 0.25) is 0 Å². The molecule has 0 saturated heterocycles. The lowest BCUT2D eigenvalue weighted by Gasteiger charge is -2.25. The van der Waals surface area contributed by atoms with Gasteiger partial charge in [0.25, 0.3) is 5.91 Å². The Balaban J connectivity index is 2.05. The van der Waals surface area contributed by atoms with E-state index in [2.05, 4.69) is 0 Å². The number of ether oxygens (including phenoxy) is 1. The number of carboxylic acid groups (broad SMARTS) is 1. The molecule has 0 saturated carbocycles. The zero-order valence-electron chi connectivity index (χ0n) is 18.5. The van der Waals surface area contributed by atoms with Gasteiger partial charge in [-0.15, -0.1) is 0 Å². The number of hydrogen-bond acceptors (Lipinski definition) is 3. The Morgan fingerprint density at radius 2 is 1.71 bits per heavy atom. The van der Waals surface area contributed by atoms with Gasteiger partial charge in [0.1, 0.15) is 5.75 Å². The highest BCUT2D eigenvalue weighted by atomic mass is 19.4. The second-order valence-electron chi connectivity index (χ2n) is 7.51. The molecule has 0 atom stereocenters. The molecule has 34 heavy (non-hydrogen) atoms. The maximum Gasteiger partial charge on any atom is 0.416 e. The van der Waals surface area contributed by atoms with Crippen molar-refractivity contribution in [3.63, 3.8) is 0 Å². The maximum absolute atomic E-state index is 13.3. The largest absolute Gasteiger partial charge is 0.493 e. The third-order valence-electron chi connectivity index (χ3n) is 5.11. The molecule has 3 aromatic rings. The lowest BCUT2D eigenvalue weighted by Crippen LogP contribution is -2.32. The summed E-state index contributed by atoms with van der Waals surface area (Å²) < 4.78 is 45.3. The number of rotatable bonds is 9. The Hall–Kier alpha value is -3.81. The highest BCUT2D eigenvalue weighted by molar-refractivity contribution is 6.06. The maximum atomic E-state index is 13.3. The predicted octanol–water partition coefficient (Wildman–Crippen LogP) is 6.28. The average molecular weight is 471 g/mol. The van der Waals surface area contributed by atoms with E-state index in [0.717, 1.165) is 17.7 Å². The molecule has 0 unspecified atom stereocenters. The first-order valence-corrected chi connectivity index (χ1v) is 10.7. The van der Waals surface area contributed by atoms with E-state index in [1.54, 1.807) is 18.2 Å². The summed E-state index contributed by atoms with van der Waals surface area (Å²) in [5.74, 6) is -1.09. The smallest absolute Gasteiger partial charge is 0.416 e. The molecule has 8 heteroatoms. The van der Waals surface area contributed by atoms with Gasteiger partial charge in [-0.1, -0.05) is 36.4 Å². The topological polar surface area (TPSA) is 66.8 Å². The van der Waals surface area contributed by atoms with Crippen LogP contribution in [0.1, 0.15) is 35.7 Å². The number of carboxylic acids is 1. The van der Waals surface area contributed by atoms with Gasteiger partial charge in [0, 0.05) is 29.8 Å². The SMILES string of the molecule is CCOc1ccc(N(CCCC(=O)O)C(=O)c2cccc(C(F)(F)F)c2)cc1-c1ccccc1. The van der Waals surface area contributed by atoms with Gasteiger partial charge in [0.15, 0.2) is 0 Å². The fraction of sp³-hybridized carbons (Fsp3) is 0.231. The molecule has 1 N–H and O–H groups in total. The van der Waals surface area contributed by atoms with Gasteiger partial charge in [-0.2, -0.15) is 13.2 Å². The fourth-order valence-electron chi connectivity index (χ4n) is 3.53. The number of anilines is 1. The van der Waals surface area contributed by atoms with Crippen molar-refractivity contribution in [3.8, 4) is 16.9 Å². The quantitative estimate of drug-likeness (QED) is 0.399. The standard InChI is InChI=1S/C26H24F3NO4/c1-2-34-23-14-13-21(17-22(23)18-8-4-3-5-9-18)30(15-7-12-24(31)32)25(33)19-10-6-11-20(16-19)26(27,28)29/h3-6,8-11,13-14,16-17H,2,7,12,15H2,1H3,(H,31,32). The van der Waals surface area contributed by atoms with Gasteiger partial charge in [-0.3, -0.25) is 9.59 Å². The van der Waals surface area contributed by atoms with Crippen LogP contribution in [-0.2, 0) is 11.0 Å². The molecule has 0 aliphatic rings. The summed E-state index contributed by atoms with van der Waals surface area (Å²) in [6, 6.07) is 18.6. The minimum atomic E-state index is -4.59. The average Bonchev–Trinajstić information content (AvgIpc) is 2.82. The molecule has 0 aromatic heterocycles. The fourth-order valence-corrected chi connectivity index (χ4v) is 3.53. The van der Waals surface area contributed by atoms with Crippen LogP contribution in [0, 0.1) is 0 Å². The minimum Gasteiger partial charge on any atom is -0.493 e. The molecule has 178 valence electrons. The van der Waals surface area contributed by atoms with E-state index in [-0.39, 0.29) is 24.9 Å². The number of amides is 1. The van der Waals surface area contributed by atoms with Crippen LogP contribution in [0.3, 0.4) is 0 Å². The van der Waals surface area contributed by atoms with E-state index < -0.39 is 23.6 Å².